The van der Waals surface area contributed by atoms with Crippen LogP contribution in [0, 0.1) is 11.8 Å². The molecule has 3 amide bonds. The van der Waals surface area contributed by atoms with Gasteiger partial charge in [-0.1, -0.05) is 58.0 Å². The van der Waals surface area contributed by atoms with E-state index in [9.17, 15) is 24.3 Å². The molecule has 1 aromatic rings. The maximum atomic E-state index is 12.5. The highest BCUT2D eigenvalue weighted by Gasteiger charge is 2.27. The fourth-order valence-electron chi connectivity index (χ4n) is 2.97. The molecule has 0 radical (unpaired) electrons. The Kier molecular flexibility index (Phi) is 10.7. The Hall–Kier alpha value is -2.94. The second kappa shape index (κ2) is 12.7. The van der Waals surface area contributed by atoms with Crippen LogP contribution < -0.4 is 21.7 Å². The van der Waals surface area contributed by atoms with Crippen LogP contribution in [0.5, 0.6) is 0 Å². The summed E-state index contributed by atoms with van der Waals surface area (Å²) >= 11 is 0. The second-order valence-corrected chi connectivity index (χ2v) is 8.33. The molecule has 0 aliphatic heterocycles. The van der Waals surface area contributed by atoms with Crippen LogP contribution in [-0.4, -0.2) is 53.5 Å². The van der Waals surface area contributed by atoms with Crippen LogP contribution in [-0.2, 0) is 25.6 Å². The van der Waals surface area contributed by atoms with E-state index in [4.69, 9.17) is 5.73 Å². The Bertz CT molecular complexity index is 752. The molecule has 1 rings (SSSR count). The molecule has 3 atom stereocenters. The standard InChI is InChI=1S/C22H34N4O5/c1-13(2)10-17(22(30)31)25-18(27)12-24-21(29)19(14(3)4)26-20(28)16(23)11-15-8-6-5-7-9-15/h5-9,13-14,16-17,19H,10-12,23H2,1-4H3,(H,24,29)(H,25,27)(H,26,28)(H,30,31). The Balaban J connectivity index is 2.61. The minimum atomic E-state index is -1.13. The van der Waals surface area contributed by atoms with Crippen molar-refractivity contribution in [3.63, 3.8) is 0 Å². The highest BCUT2D eigenvalue weighted by molar-refractivity contribution is 5.92. The minimum absolute atomic E-state index is 0.0802. The number of rotatable bonds is 12. The topological polar surface area (TPSA) is 151 Å². The van der Waals surface area contributed by atoms with Crippen molar-refractivity contribution in [3.05, 3.63) is 35.9 Å². The van der Waals surface area contributed by atoms with Gasteiger partial charge in [0.15, 0.2) is 0 Å². The molecule has 0 spiro atoms. The summed E-state index contributed by atoms with van der Waals surface area (Å²) in [7, 11) is 0. The predicted octanol–water partition coefficient (Wildman–Crippen LogP) is 0.429. The van der Waals surface area contributed by atoms with E-state index in [-0.39, 0.29) is 18.3 Å². The van der Waals surface area contributed by atoms with Crippen LogP contribution in [0.1, 0.15) is 39.7 Å². The number of aliphatic carboxylic acids is 1. The van der Waals surface area contributed by atoms with Gasteiger partial charge in [-0.05, 0) is 30.2 Å². The van der Waals surface area contributed by atoms with Crippen molar-refractivity contribution >= 4 is 23.7 Å². The van der Waals surface area contributed by atoms with E-state index in [1.54, 1.807) is 13.8 Å². The van der Waals surface area contributed by atoms with Crippen LogP contribution >= 0.6 is 0 Å². The number of carboxylic acid groups (broad SMARTS) is 1. The van der Waals surface area contributed by atoms with Gasteiger partial charge in [-0.3, -0.25) is 14.4 Å². The summed E-state index contributed by atoms with van der Waals surface area (Å²) in [6.45, 7) is 6.83. The number of nitrogens with one attached hydrogen (secondary N) is 3. The summed E-state index contributed by atoms with van der Waals surface area (Å²) in [5.41, 5.74) is 6.88. The van der Waals surface area contributed by atoms with Crippen LogP contribution in [0.25, 0.3) is 0 Å². The lowest BCUT2D eigenvalue weighted by molar-refractivity contribution is -0.142. The van der Waals surface area contributed by atoms with Gasteiger partial charge in [0.05, 0.1) is 12.6 Å². The maximum Gasteiger partial charge on any atom is 0.326 e. The molecule has 0 bridgehead atoms. The fourth-order valence-corrected chi connectivity index (χ4v) is 2.97. The molecule has 0 heterocycles. The first-order valence-corrected chi connectivity index (χ1v) is 10.4. The van der Waals surface area contributed by atoms with E-state index in [0.717, 1.165) is 5.56 Å². The van der Waals surface area contributed by atoms with Crippen molar-refractivity contribution < 1.29 is 24.3 Å². The molecule has 9 nitrogen and oxygen atoms in total. The second-order valence-electron chi connectivity index (χ2n) is 8.33. The van der Waals surface area contributed by atoms with E-state index >= 15 is 0 Å². The van der Waals surface area contributed by atoms with Crippen LogP contribution in [0.15, 0.2) is 30.3 Å². The number of carboxylic acids is 1. The third-order valence-electron chi connectivity index (χ3n) is 4.65. The Morgan fingerprint density at radius 1 is 0.968 bits per heavy atom. The Morgan fingerprint density at radius 2 is 1.58 bits per heavy atom. The SMILES string of the molecule is CC(C)CC(NC(=O)CNC(=O)C(NC(=O)C(N)Cc1ccccc1)C(C)C)C(=O)O. The number of carbonyl (C=O) groups is 4. The molecule has 0 fully saturated rings. The first-order chi connectivity index (χ1) is 14.5. The lowest BCUT2D eigenvalue weighted by Gasteiger charge is -2.24. The average Bonchev–Trinajstić information content (AvgIpc) is 2.69. The summed E-state index contributed by atoms with van der Waals surface area (Å²) in [4.78, 5) is 48.3. The number of carbonyl (C=O) groups excluding carboxylic acids is 3. The first-order valence-electron chi connectivity index (χ1n) is 10.4. The zero-order valence-corrected chi connectivity index (χ0v) is 18.6. The van der Waals surface area contributed by atoms with Gasteiger partial charge < -0.3 is 26.8 Å². The van der Waals surface area contributed by atoms with Crippen molar-refractivity contribution in [3.8, 4) is 0 Å². The van der Waals surface area contributed by atoms with Gasteiger partial charge >= 0.3 is 5.97 Å². The quantitative estimate of drug-likeness (QED) is 0.322. The molecular weight excluding hydrogens is 400 g/mol. The van der Waals surface area contributed by atoms with Gasteiger partial charge in [0.1, 0.15) is 12.1 Å². The van der Waals surface area contributed by atoms with Gasteiger partial charge in [0, 0.05) is 0 Å². The smallest absolute Gasteiger partial charge is 0.326 e. The third kappa shape index (κ3) is 9.61. The molecular formula is C22H34N4O5. The van der Waals surface area contributed by atoms with Crippen LogP contribution in [0.3, 0.4) is 0 Å². The van der Waals surface area contributed by atoms with E-state index < -0.39 is 48.4 Å². The summed E-state index contributed by atoms with van der Waals surface area (Å²) in [6, 6.07) is 6.56. The minimum Gasteiger partial charge on any atom is -0.480 e. The molecule has 3 unspecified atom stereocenters. The van der Waals surface area contributed by atoms with E-state index in [0.29, 0.717) is 6.42 Å². The van der Waals surface area contributed by atoms with Gasteiger partial charge in [-0.25, -0.2) is 4.79 Å². The maximum absolute atomic E-state index is 12.5. The summed E-state index contributed by atoms with van der Waals surface area (Å²) in [5, 5.41) is 16.7. The lowest BCUT2D eigenvalue weighted by Crippen LogP contribution is -2.55. The number of nitrogens with two attached hydrogens (primary N) is 1. The Morgan fingerprint density at radius 3 is 2.10 bits per heavy atom. The molecule has 9 heteroatoms. The number of hydrogen-bond donors (Lipinski definition) is 5. The molecule has 172 valence electrons. The predicted molar refractivity (Wildman–Crippen MR) is 117 cm³/mol. The van der Waals surface area contributed by atoms with Gasteiger partial charge in [0.2, 0.25) is 17.7 Å². The molecule has 0 aliphatic rings. The number of benzene rings is 1. The Labute approximate surface area is 183 Å². The van der Waals surface area contributed by atoms with Crippen LogP contribution in [0.2, 0.25) is 0 Å². The molecule has 0 saturated heterocycles. The molecule has 6 N–H and O–H groups in total. The zero-order chi connectivity index (χ0) is 23.6. The highest BCUT2D eigenvalue weighted by atomic mass is 16.4. The molecule has 0 saturated carbocycles. The van der Waals surface area contributed by atoms with Crippen molar-refractivity contribution in [2.45, 2.75) is 58.7 Å². The largest absolute Gasteiger partial charge is 0.480 e. The van der Waals surface area contributed by atoms with Crippen molar-refractivity contribution in [1.29, 1.82) is 0 Å². The molecule has 0 aliphatic carbocycles. The zero-order valence-electron chi connectivity index (χ0n) is 18.6. The van der Waals surface area contributed by atoms with Crippen LogP contribution in [0.4, 0.5) is 0 Å². The normalized spacial score (nSPS) is 13.9. The van der Waals surface area contributed by atoms with E-state index in [2.05, 4.69) is 16.0 Å². The summed E-state index contributed by atoms with van der Waals surface area (Å²) in [6.07, 6.45) is 0.604. The highest BCUT2D eigenvalue weighted by Crippen LogP contribution is 2.06. The lowest BCUT2D eigenvalue weighted by atomic mass is 10.0. The molecule has 0 aromatic heterocycles. The van der Waals surface area contributed by atoms with Crippen molar-refractivity contribution in [1.82, 2.24) is 16.0 Å². The average molecular weight is 435 g/mol. The van der Waals surface area contributed by atoms with E-state index in [1.807, 2.05) is 44.2 Å². The number of amides is 3. The van der Waals surface area contributed by atoms with Gasteiger partial charge in [-0.15, -0.1) is 0 Å². The van der Waals surface area contributed by atoms with Gasteiger partial charge in [-0.2, -0.15) is 0 Å². The van der Waals surface area contributed by atoms with Crippen molar-refractivity contribution in [2.75, 3.05) is 6.54 Å². The number of hydrogen-bond acceptors (Lipinski definition) is 5. The molecule has 1 aromatic carbocycles. The molecule has 31 heavy (non-hydrogen) atoms. The summed E-state index contributed by atoms with van der Waals surface area (Å²) in [5.74, 6) is -2.92. The first kappa shape index (κ1) is 26.1. The fraction of sp³-hybridized carbons (Fsp3) is 0.545. The van der Waals surface area contributed by atoms with Crippen molar-refractivity contribution in [2.24, 2.45) is 17.6 Å². The monoisotopic (exact) mass is 434 g/mol. The summed E-state index contributed by atoms with van der Waals surface area (Å²) < 4.78 is 0. The van der Waals surface area contributed by atoms with Gasteiger partial charge in [0.25, 0.3) is 0 Å². The van der Waals surface area contributed by atoms with E-state index in [1.165, 1.54) is 0 Å². The third-order valence-corrected chi connectivity index (χ3v) is 4.65.